The highest BCUT2D eigenvalue weighted by Crippen LogP contribution is 2.51. The average Bonchev–Trinajstić information content (AvgIpc) is 3.10. The van der Waals surface area contributed by atoms with E-state index in [0.717, 1.165) is 32.4 Å². The monoisotopic (exact) mass is 382 g/mol. The number of fused-ring (bicyclic) bond motifs is 6. The van der Waals surface area contributed by atoms with Gasteiger partial charge in [0.05, 0.1) is 25.2 Å². The lowest BCUT2D eigenvalue weighted by Crippen LogP contribution is -2.55. The molecule has 0 bridgehead atoms. The molecule has 1 aromatic carbocycles. The van der Waals surface area contributed by atoms with Gasteiger partial charge in [-0.05, 0) is 48.6 Å². The van der Waals surface area contributed by atoms with Crippen LogP contribution in [0.25, 0.3) is 10.9 Å². The molecule has 0 amide bonds. The lowest BCUT2D eigenvalue weighted by Gasteiger charge is -2.53. The molecule has 6 atom stereocenters. The number of ether oxygens (including phenoxy) is 2. The van der Waals surface area contributed by atoms with Crippen molar-refractivity contribution in [3.8, 4) is 0 Å². The summed E-state index contributed by atoms with van der Waals surface area (Å²) in [5.41, 5.74) is 4.06. The first kappa shape index (κ1) is 18.2. The minimum absolute atomic E-state index is 0.0500. The molecule has 0 spiro atoms. The summed E-state index contributed by atoms with van der Waals surface area (Å²) in [7, 11) is 3.25. The van der Waals surface area contributed by atoms with Crippen LogP contribution in [-0.2, 0) is 20.7 Å². The van der Waals surface area contributed by atoms with E-state index in [9.17, 15) is 4.79 Å². The Morgan fingerprint density at radius 3 is 2.82 bits per heavy atom. The average molecular weight is 383 g/mol. The van der Waals surface area contributed by atoms with Gasteiger partial charge in [0.1, 0.15) is 0 Å². The van der Waals surface area contributed by atoms with Gasteiger partial charge in [0, 0.05) is 36.8 Å². The molecule has 1 aliphatic carbocycles. The second-order valence-electron chi connectivity index (χ2n) is 8.95. The van der Waals surface area contributed by atoms with E-state index in [2.05, 4.69) is 41.1 Å². The maximum absolute atomic E-state index is 12.8. The maximum atomic E-state index is 12.8. The van der Waals surface area contributed by atoms with Gasteiger partial charge < -0.3 is 14.5 Å². The zero-order chi connectivity index (χ0) is 19.4. The Morgan fingerprint density at radius 2 is 2.04 bits per heavy atom. The molecule has 2 aromatic rings. The van der Waals surface area contributed by atoms with Crippen LogP contribution in [0.15, 0.2) is 24.3 Å². The molecule has 0 unspecified atom stereocenters. The number of aromatic amines is 1. The van der Waals surface area contributed by atoms with Crippen LogP contribution in [0.3, 0.4) is 0 Å². The van der Waals surface area contributed by atoms with E-state index in [4.69, 9.17) is 9.47 Å². The third-order valence-corrected chi connectivity index (χ3v) is 7.64. The summed E-state index contributed by atoms with van der Waals surface area (Å²) in [5, 5.41) is 1.36. The van der Waals surface area contributed by atoms with Gasteiger partial charge in [-0.15, -0.1) is 0 Å². The van der Waals surface area contributed by atoms with Crippen molar-refractivity contribution in [1.82, 2.24) is 9.88 Å². The van der Waals surface area contributed by atoms with Gasteiger partial charge in [-0.2, -0.15) is 0 Å². The SMILES string of the molecule is COC(=O)[C@H]1[C@H]2C[C@@H]3c4[nH]c5ccccc5c4CCN3C[C@H]2C[C@@H](C)[C@@H]1OC. The number of carbonyl (C=O) groups excluding carboxylic acids is 1. The number of hydrogen-bond acceptors (Lipinski definition) is 4. The predicted octanol–water partition coefficient (Wildman–Crippen LogP) is 3.55. The quantitative estimate of drug-likeness (QED) is 0.807. The zero-order valence-corrected chi connectivity index (χ0v) is 17.0. The first-order valence-corrected chi connectivity index (χ1v) is 10.6. The van der Waals surface area contributed by atoms with Crippen molar-refractivity contribution in [3.05, 3.63) is 35.5 Å². The second-order valence-corrected chi connectivity index (χ2v) is 8.95. The standard InChI is InChI=1S/C23H30N2O3/c1-13-10-14-12-25-9-8-16-15-6-4-5-7-18(15)24-21(16)19(25)11-17(14)20(22(13)27-2)23(26)28-3/h4-7,13-14,17,19-20,22,24H,8-12H2,1-3H3/t13-,14-,17+,19-,20+,22+/m1/s1. The van der Waals surface area contributed by atoms with Gasteiger partial charge >= 0.3 is 5.97 Å². The third-order valence-electron chi connectivity index (χ3n) is 7.64. The molecule has 28 heavy (non-hydrogen) atoms. The number of esters is 1. The summed E-state index contributed by atoms with van der Waals surface area (Å²) in [5.74, 6) is 0.954. The maximum Gasteiger partial charge on any atom is 0.311 e. The van der Waals surface area contributed by atoms with Crippen molar-refractivity contribution < 1.29 is 14.3 Å². The number of piperidine rings is 1. The Hall–Kier alpha value is -1.85. The van der Waals surface area contributed by atoms with Crippen molar-refractivity contribution in [1.29, 1.82) is 0 Å². The molecule has 1 saturated heterocycles. The van der Waals surface area contributed by atoms with E-state index < -0.39 is 0 Å². The fourth-order valence-corrected chi connectivity index (χ4v) is 6.46. The molecule has 3 aliphatic rings. The molecular formula is C23H30N2O3. The van der Waals surface area contributed by atoms with Crippen LogP contribution in [0.2, 0.25) is 0 Å². The molecule has 1 saturated carbocycles. The number of nitrogens with zero attached hydrogens (tertiary/aromatic N) is 1. The number of methoxy groups -OCH3 is 2. The highest BCUT2D eigenvalue weighted by atomic mass is 16.5. The lowest BCUT2D eigenvalue weighted by atomic mass is 9.62. The van der Waals surface area contributed by atoms with Crippen molar-refractivity contribution in [2.24, 2.45) is 23.7 Å². The van der Waals surface area contributed by atoms with E-state index in [1.807, 2.05) is 0 Å². The number of rotatable bonds is 2. The Kier molecular flexibility index (Phi) is 4.48. The van der Waals surface area contributed by atoms with Gasteiger partial charge in [-0.1, -0.05) is 25.1 Å². The van der Waals surface area contributed by atoms with Crippen LogP contribution in [0, 0.1) is 23.7 Å². The van der Waals surface area contributed by atoms with Gasteiger partial charge in [-0.25, -0.2) is 0 Å². The smallest absolute Gasteiger partial charge is 0.311 e. The molecule has 2 aliphatic heterocycles. The molecule has 1 aromatic heterocycles. The number of para-hydroxylation sites is 1. The summed E-state index contributed by atoms with van der Waals surface area (Å²) in [4.78, 5) is 19.1. The fourth-order valence-electron chi connectivity index (χ4n) is 6.46. The van der Waals surface area contributed by atoms with Crippen LogP contribution in [0.1, 0.15) is 37.1 Å². The predicted molar refractivity (Wildman–Crippen MR) is 108 cm³/mol. The van der Waals surface area contributed by atoms with E-state index in [0.29, 0.717) is 23.8 Å². The van der Waals surface area contributed by atoms with Crippen LogP contribution in [0.4, 0.5) is 0 Å². The largest absolute Gasteiger partial charge is 0.469 e. The van der Waals surface area contributed by atoms with Crippen LogP contribution < -0.4 is 0 Å². The normalized spacial score (nSPS) is 35.1. The molecule has 0 radical (unpaired) electrons. The minimum atomic E-state index is -0.166. The van der Waals surface area contributed by atoms with Crippen molar-refractivity contribution in [3.63, 3.8) is 0 Å². The molecule has 1 N–H and O–H groups in total. The highest BCUT2D eigenvalue weighted by Gasteiger charge is 2.52. The number of benzene rings is 1. The van der Waals surface area contributed by atoms with Gasteiger partial charge in [0.2, 0.25) is 0 Å². The first-order chi connectivity index (χ1) is 13.6. The Bertz CT molecular complexity index is 891. The number of aromatic nitrogens is 1. The molecule has 5 heteroatoms. The summed E-state index contributed by atoms with van der Waals surface area (Å²) in [6.07, 6.45) is 3.17. The Balaban J connectivity index is 1.52. The van der Waals surface area contributed by atoms with Crippen LogP contribution in [-0.4, -0.2) is 49.3 Å². The van der Waals surface area contributed by atoms with E-state index in [1.165, 1.54) is 29.3 Å². The third kappa shape index (κ3) is 2.63. The summed E-state index contributed by atoms with van der Waals surface area (Å²) in [6.45, 7) is 4.39. The first-order valence-electron chi connectivity index (χ1n) is 10.6. The molecule has 5 rings (SSSR count). The van der Waals surface area contributed by atoms with Gasteiger partial charge in [0.15, 0.2) is 0 Å². The molecule has 2 fully saturated rings. The summed E-state index contributed by atoms with van der Waals surface area (Å²) >= 11 is 0. The van der Waals surface area contributed by atoms with Crippen LogP contribution in [0.5, 0.6) is 0 Å². The van der Waals surface area contributed by atoms with E-state index in [-0.39, 0.29) is 18.0 Å². The van der Waals surface area contributed by atoms with Crippen LogP contribution >= 0.6 is 0 Å². The molecular weight excluding hydrogens is 352 g/mol. The topological polar surface area (TPSA) is 54.6 Å². The Morgan fingerprint density at radius 1 is 1.21 bits per heavy atom. The van der Waals surface area contributed by atoms with Crippen molar-refractivity contribution in [2.75, 3.05) is 27.3 Å². The van der Waals surface area contributed by atoms with E-state index >= 15 is 0 Å². The molecule has 150 valence electrons. The minimum Gasteiger partial charge on any atom is -0.469 e. The number of H-pyrrole nitrogens is 1. The molecule has 5 nitrogen and oxygen atoms in total. The highest BCUT2D eigenvalue weighted by molar-refractivity contribution is 5.85. The number of hydrogen-bond donors (Lipinski definition) is 1. The van der Waals surface area contributed by atoms with Gasteiger partial charge in [-0.3, -0.25) is 9.69 Å². The number of carbonyl (C=O) groups is 1. The van der Waals surface area contributed by atoms with E-state index in [1.54, 1.807) is 7.11 Å². The fraction of sp³-hybridized carbons (Fsp3) is 0.609. The molecule has 3 heterocycles. The lowest BCUT2D eigenvalue weighted by molar-refractivity contribution is -0.167. The summed E-state index contributed by atoms with van der Waals surface area (Å²) < 4.78 is 11.1. The van der Waals surface area contributed by atoms with Gasteiger partial charge in [0.25, 0.3) is 0 Å². The Labute approximate surface area is 166 Å². The van der Waals surface area contributed by atoms with Crippen molar-refractivity contribution >= 4 is 16.9 Å². The van der Waals surface area contributed by atoms with Crippen molar-refractivity contribution in [2.45, 2.75) is 38.3 Å². The zero-order valence-electron chi connectivity index (χ0n) is 17.0. The number of nitrogens with one attached hydrogen (secondary N) is 1. The summed E-state index contributed by atoms with van der Waals surface area (Å²) in [6, 6.07) is 8.98. The second kappa shape index (κ2) is 6.89.